The van der Waals surface area contributed by atoms with Crippen LogP contribution in [0.3, 0.4) is 0 Å². The predicted molar refractivity (Wildman–Crippen MR) is 104 cm³/mol. The van der Waals surface area contributed by atoms with Crippen LogP contribution in [0.25, 0.3) is 0 Å². The van der Waals surface area contributed by atoms with Crippen molar-refractivity contribution in [1.82, 2.24) is 15.6 Å². The van der Waals surface area contributed by atoms with Gasteiger partial charge in [-0.15, -0.1) is 24.8 Å². The van der Waals surface area contributed by atoms with Crippen LogP contribution in [-0.4, -0.2) is 31.0 Å². The molecule has 0 atom stereocenters. The molecule has 0 fully saturated rings. The molecule has 24 heavy (non-hydrogen) atoms. The van der Waals surface area contributed by atoms with Crippen LogP contribution in [-0.2, 0) is 0 Å². The number of amides is 1. The first-order valence-electron chi connectivity index (χ1n) is 7.01. The van der Waals surface area contributed by atoms with Gasteiger partial charge in [-0.25, -0.2) is 4.98 Å². The van der Waals surface area contributed by atoms with Crippen LogP contribution in [0.15, 0.2) is 47.1 Å². The molecule has 8 heteroatoms. The molecule has 1 aromatic carbocycles. The Morgan fingerprint density at radius 2 is 1.83 bits per heavy atom. The molecule has 1 aromatic heterocycles. The summed E-state index contributed by atoms with van der Waals surface area (Å²) >= 11 is 3.37. The summed E-state index contributed by atoms with van der Waals surface area (Å²) < 4.78 is 6.59. The highest BCUT2D eigenvalue weighted by Crippen LogP contribution is 2.21. The smallest absolute Gasteiger partial charge is 0.252 e. The Balaban J connectivity index is 0.00000264. The van der Waals surface area contributed by atoms with Gasteiger partial charge in [0.1, 0.15) is 5.75 Å². The van der Waals surface area contributed by atoms with Crippen molar-refractivity contribution in [3.8, 4) is 11.6 Å². The molecule has 0 saturated carbocycles. The fraction of sp³-hybridized carbons (Fsp3) is 0.250. The summed E-state index contributed by atoms with van der Waals surface area (Å²) in [6, 6.07) is 10.9. The highest BCUT2D eigenvalue weighted by molar-refractivity contribution is 9.10. The zero-order valence-corrected chi connectivity index (χ0v) is 16.3. The van der Waals surface area contributed by atoms with Crippen molar-refractivity contribution in [3.63, 3.8) is 0 Å². The molecule has 132 valence electrons. The van der Waals surface area contributed by atoms with Gasteiger partial charge in [0.2, 0.25) is 5.88 Å². The topological polar surface area (TPSA) is 63.2 Å². The van der Waals surface area contributed by atoms with Crippen LogP contribution >= 0.6 is 40.7 Å². The molecular formula is C16H20BrCl2N3O2. The maximum atomic E-state index is 11.9. The lowest BCUT2D eigenvalue weighted by atomic mass is 10.2. The van der Waals surface area contributed by atoms with Crippen molar-refractivity contribution in [2.24, 2.45) is 0 Å². The average Bonchev–Trinajstić information content (AvgIpc) is 2.54. The summed E-state index contributed by atoms with van der Waals surface area (Å²) in [6.45, 7) is 1.51. The highest BCUT2D eigenvalue weighted by Gasteiger charge is 2.06. The van der Waals surface area contributed by atoms with Crippen LogP contribution < -0.4 is 15.4 Å². The molecule has 2 aromatic rings. The van der Waals surface area contributed by atoms with Gasteiger partial charge in [0, 0.05) is 23.3 Å². The van der Waals surface area contributed by atoms with E-state index >= 15 is 0 Å². The van der Waals surface area contributed by atoms with E-state index in [1.165, 1.54) is 6.20 Å². The third kappa shape index (κ3) is 7.49. The van der Waals surface area contributed by atoms with Crippen molar-refractivity contribution >= 4 is 46.7 Å². The summed E-state index contributed by atoms with van der Waals surface area (Å²) in [5.74, 6) is 1.02. The van der Waals surface area contributed by atoms with E-state index in [0.29, 0.717) is 23.7 Å². The summed E-state index contributed by atoms with van der Waals surface area (Å²) in [5.41, 5.74) is 0.521. The second-order valence-corrected chi connectivity index (χ2v) is 5.57. The molecule has 0 aliphatic heterocycles. The lowest BCUT2D eigenvalue weighted by Crippen LogP contribution is -2.26. The standard InChI is InChI=1S/C16H18BrN3O2.2ClH/c1-18-9-2-10-19-16(21)12-3-8-15(20-11-12)22-14-6-4-13(17)5-7-14;;/h3-8,11,18H,2,9-10H2,1H3,(H,19,21);2*1H. The molecule has 0 bridgehead atoms. The molecule has 2 N–H and O–H groups in total. The van der Waals surface area contributed by atoms with Gasteiger partial charge in [0.25, 0.3) is 5.91 Å². The number of nitrogens with zero attached hydrogens (tertiary/aromatic N) is 1. The Morgan fingerprint density at radius 1 is 1.12 bits per heavy atom. The van der Waals surface area contributed by atoms with Gasteiger partial charge in [-0.2, -0.15) is 0 Å². The Labute approximate surface area is 162 Å². The van der Waals surface area contributed by atoms with Crippen molar-refractivity contribution < 1.29 is 9.53 Å². The largest absolute Gasteiger partial charge is 0.439 e. The van der Waals surface area contributed by atoms with Crippen molar-refractivity contribution in [1.29, 1.82) is 0 Å². The molecule has 0 unspecified atom stereocenters. The Bertz CT molecular complexity index is 610. The molecule has 0 aliphatic rings. The molecule has 0 saturated heterocycles. The van der Waals surface area contributed by atoms with Gasteiger partial charge < -0.3 is 15.4 Å². The molecule has 1 amide bonds. The van der Waals surface area contributed by atoms with Crippen LogP contribution in [0.2, 0.25) is 0 Å². The van der Waals surface area contributed by atoms with E-state index in [4.69, 9.17) is 4.74 Å². The minimum Gasteiger partial charge on any atom is -0.439 e. The lowest BCUT2D eigenvalue weighted by Gasteiger charge is -2.07. The maximum absolute atomic E-state index is 11.9. The SMILES string of the molecule is CNCCCNC(=O)c1ccc(Oc2ccc(Br)cc2)nc1.Cl.Cl. The fourth-order valence-electron chi connectivity index (χ4n) is 1.77. The number of hydrogen-bond acceptors (Lipinski definition) is 4. The number of pyridine rings is 1. The van der Waals surface area contributed by atoms with Crippen LogP contribution in [0.4, 0.5) is 0 Å². The Morgan fingerprint density at radius 3 is 2.42 bits per heavy atom. The van der Waals surface area contributed by atoms with Crippen LogP contribution in [0, 0.1) is 0 Å². The van der Waals surface area contributed by atoms with Crippen molar-refractivity contribution in [3.05, 3.63) is 52.6 Å². The minimum atomic E-state index is -0.126. The lowest BCUT2D eigenvalue weighted by molar-refractivity contribution is 0.0953. The Hall–Kier alpha value is -1.34. The number of rotatable bonds is 7. The summed E-state index contributed by atoms with van der Waals surface area (Å²) in [5, 5.41) is 5.88. The molecule has 1 heterocycles. The number of benzene rings is 1. The second-order valence-electron chi connectivity index (χ2n) is 4.65. The first-order valence-corrected chi connectivity index (χ1v) is 7.80. The van der Waals surface area contributed by atoms with Crippen LogP contribution in [0.5, 0.6) is 11.6 Å². The number of carbonyl (C=O) groups excluding carboxylic acids is 1. The average molecular weight is 437 g/mol. The Kier molecular flexibility index (Phi) is 11.4. The third-order valence-electron chi connectivity index (χ3n) is 2.92. The van der Waals surface area contributed by atoms with Gasteiger partial charge >= 0.3 is 0 Å². The van der Waals surface area contributed by atoms with E-state index in [2.05, 4.69) is 31.5 Å². The van der Waals surface area contributed by atoms with Crippen LogP contribution in [0.1, 0.15) is 16.8 Å². The number of nitrogens with one attached hydrogen (secondary N) is 2. The monoisotopic (exact) mass is 435 g/mol. The minimum absolute atomic E-state index is 0. The number of carbonyl (C=O) groups is 1. The van der Waals surface area contributed by atoms with Gasteiger partial charge in [0.15, 0.2) is 0 Å². The van der Waals surface area contributed by atoms with Gasteiger partial charge in [-0.3, -0.25) is 4.79 Å². The summed E-state index contributed by atoms with van der Waals surface area (Å²) in [4.78, 5) is 16.1. The third-order valence-corrected chi connectivity index (χ3v) is 3.45. The molecule has 2 rings (SSSR count). The highest BCUT2D eigenvalue weighted by atomic mass is 79.9. The number of aromatic nitrogens is 1. The predicted octanol–water partition coefficient (Wildman–Crippen LogP) is 3.82. The van der Waals surface area contributed by atoms with E-state index in [1.807, 2.05) is 31.3 Å². The number of hydrogen-bond donors (Lipinski definition) is 2. The van der Waals surface area contributed by atoms with E-state index in [0.717, 1.165) is 17.4 Å². The second kappa shape index (κ2) is 12.1. The molecule has 5 nitrogen and oxygen atoms in total. The first kappa shape index (κ1) is 22.7. The van der Waals surface area contributed by atoms with Crippen molar-refractivity contribution in [2.45, 2.75) is 6.42 Å². The summed E-state index contributed by atoms with van der Waals surface area (Å²) in [7, 11) is 1.88. The molecule has 0 spiro atoms. The maximum Gasteiger partial charge on any atom is 0.252 e. The zero-order chi connectivity index (χ0) is 15.8. The van der Waals surface area contributed by atoms with Gasteiger partial charge in [-0.1, -0.05) is 15.9 Å². The molecule has 0 radical (unpaired) electrons. The summed E-state index contributed by atoms with van der Waals surface area (Å²) in [6.07, 6.45) is 2.40. The molecular weight excluding hydrogens is 417 g/mol. The number of halogens is 3. The fourth-order valence-corrected chi connectivity index (χ4v) is 2.03. The number of ether oxygens (including phenoxy) is 1. The quantitative estimate of drug-likeness (QED) is 0.647. The van der Waals surface area contributed by atoms with E-state index in [1.54, 1.807) is 12.1 Å². The van der Waals surface area contributed by atoms with E-state index in [9.17, 15) is 4.79 Å². The van der Waals surface area contributed by atoms with E-state index < -0.39 is 0 Å². The first-order chi connectivity index (χ1) is 10.7. The van der Waals surface area contributed by atoms with Gasteiger partial charge in [-0.05, 0) is 50.3 Å². The van der Waals surface area contributed by atoms with Crippen molar-refractivity contribution in [2.75, 3.05) is 20.1 Å². The molecule has 0 aliphatic carbocycles. The zero-order valence-electron chi connectivity index (χ0n) is 13.1. The van der Waals surface area contributed by atoms with E-state index in [-0.39, 0.29) is 30.7 Å². The normalized spacial score (nSPS) is 9.42. The van der Waals surface area contributed by atoms with Gasteiger partial charge in [0.05, 0.1) is 5.56 Å².